The highest BCUT2D eigenvalue weighted by atomic mass is 32.1. The molecule has 0 spiro atoms. The molecule has 2 heterocycles. The molecule has 78 valence electrons. The molecule has 0 bridgehead atoms. The molecule has 0 aliphatic rings. The first kappa shape index (κ1) is 9.59. The van der Waals surface area contributed by atoms with Crippen molar-refractivity contribution in [2.45, 2.75) is 0 Å². The number of hydrogen-bond donors (Lipinski definition) is 4. The predicted molar refractivity (Wildman–Crippen MR) is 60.1 cm³/mol. The summed E-state index contributed by atoms with van der Waals surface area (Å²) in [6, 6.07) is 0. The van der Waals surface area contributed by atoms with Crippen LogP contribution in [0.2, 0.25) is 0 Å². The van der Waals surface area contributed by atoms with Gasteiger partial charge in [0.2, 0.25) is 0 Å². The molecule has 8 heteroatoms. The topological polar surface area (TPSA) is 90.5 Å². The van der Waals surface area contributed by atoms with E-state index in [-0.39, 0.29) is 0 Å². The Kier molecular flexibility index (Phi) is 2.59. The van der Waals surface area contributed by atoms with Crippen molar-refractivity contribution in [1.29, 1.82) is 0 Å². The monoisotopic (exact) mass is 223 g/mol. The van der Waals surface area contributed by atoms with Gasteiger partial charge in [-0.2, -0.15) is 0 Å². The van der Waals surface area contributed by atoms with E-state index in [1.165, 1.54) is 6.33 Å². The van der Waals surface area contributed by atoms with Gasteiger partial charge < -0.3 is 10.3 Å². The highest BCUT2D eigenvalue weighted by Crippen LogP contribution is 2.12. The molecule has 7 nitrogen and oxygen atoms in total. The third kappa shape index (κ3) is 1.94. The van der Waals surface area contributed by atoms with Crippen LogP contribution in [0.15, 0.2) is 12.7 Å². The molecule has 2 aromatic rings. The zero-order chi connectivity index (χ0) is 10.7. The van der Waals surface area contributed by atoms with Crippen LogP contribution in [0.3, 0.4) is 0 Å². The Hall–Kier alpha value is -1.96. The van der Waals surface area contributed by atoms with Crippen molar-refractivity contribution >= 4 is 34.3 Å². The van der Waals surface area contributed by atoms with Crippen LogP contribution in [0.25, 0.3) is 11.2 Å². The molecular weight excluding hydrogens is 214 g/mol. The Balaban J connectivity index is 2.20. The average molecular weight is 223 g/mol. The molecule has 0 saturated heterocycles. The minimum absolute atomic E-state index is 0.473. The first-order valence-corrected chi connectivity index (χ1v) is 4.60. The second-order valence-electron chi connectivity index (χ2n) is 2.65. The van der Waals surface area contributed by atoms with Crippen LogP contribution >= 0.6 is 12.2 Å². The van der Waals surface area contributed by atoms with Crippen LogP contribution in [-0.2, 0) is 0 Å². The van der Waals surface area contributed by atoms with E-state index in [4.69, 9.17) is 12.2 Å². The van der Waals surface area contributed by atoms with Crippen LogP contribution in [0.1, 0.15) is 0 Å². The maximum absolute atomic E-state index is 4.90. The van der Waals surface area contributed by atoms with E-state index in [0.29, 0.717) is 16.6 Å². The van der Waals surface area contributed by atoms with Gasteiger partial charge >= 0.3 is 0 Å². The van der Waals surface area contributed by atoms with Gasteiger partial charge in [-0.3, -0.25) is 10.9 Å². The first-order chi connectivity index (χ1) is 7.31. The molecule has 2 aromatic heterocycles. The molecule has 0 amide bonds. The fourth-order valence-electron chi connectivity index (χ4n) is 1.04. The van der Waals surface area contributed by atoms with Gasteiger partial charge in [0.1, 0.15) is 11.8 Å². The smallest absolute Gasteiger partial charge is 0.184 e. The lowest BCUT2D eigenvalue weighted by molar-refractivity contribution is 1.02. The summed E-state index contributed by atoms with van der Waals surface area (Å²) in [5.41, 5.74) is 6.94. The van der Waals surface area contributed by atoms with Crippen molar-refractivity contribution in [2.75, 3.05) is 12.5 Å². The zero-order valence-electron chi connectivity index (χ0n) is 7.90. The molecule has 0 radical (unpaired) electrons. The number of nitrogens with one attached hydrogen (secondary N) is 4. The van der Waals surface area contributed by atoms with Gasteiger partial charge in [0.15, 0.2) is 16.6 Å². The lowest BCUT2D eigenvalue weighted by Gasteiger charge is -2.08. The molecule has 0 unspecified atom stereocenters. The van der Waals surface area contributed by atoms with Gasteiger partial charge in [0.25, 0.3) is 0 Å². The maximum Gasteiger partial charge on any atom is 0.184 e. The summed E-state index contributed by atoms with van der Waals surface area (Å²) in [6.07, 6.45) is 2.98. The average Bonchev–Trinajstić information content (AvgIpc) is 2.74. The third-order valence-corrected chi connectivity index (χ3v) is 2.05. The molecular formula is C7H9N7S. The van der Waals surface area contributed by atoms with E-state index in [1.807, 2.05) is 0 Å². The summed E-state index contributed by atoms with van der Waals surface area (Å²) in [5.74, 6) is 0.593. The van der Waals surface area contributed by atoms with E-state index in [9.17, 15) is 0 Å². The SMILES string of the molecule is CNC(=S)NNc1ncnc2nc[nH]c12. The number of rotatable bonds is 2. The predicted octanol–water partition coefficient (Wildman–Crippen LogP) is -0.226. The number of H-pyrrole nitrogens is 1. The van der Waals surface area contributed by atoms with Crippen molar-refractivity contribution in [1.82, 2.24) is 30.7 Å². The number of aromatic amines is 1. The molecule has 0 saturated carbocycles. The summed E-state index contributed by atoms with van der Waals surface area (Å²) in [7, 11) is 1.72. The van der Waals surface area contributed by atoms with E-state index in [0.717, 1.165) is 5.52 Å². The van der Waals surface area contributed by atoms with Gasteiger partial charge in [-0.05, 0) is 12.2 Å². The number of hydrazine groups is 1. The van der Waals surface area contributed by atoms with Crippen LogP contribution in [0.5, 0.6) is 0 Å². The van der Waals surface area contributed by atoms with Crippen molar-refractivity contribution in [3.8, 4) is 0 Å². The Morgan fingerprint density at radius 1 is 1.40 bits per heavy atom. The highest BCUT2D eigenvalue weighted by molar-refractivity contribution is 7.80. The number of aromatic nitrogens is 4. The molecule has 15 heavy (non-hydrogen) atoms. The summed E-state index contributed by atoms with van der Waals surface area (Å²) in [5, 5.41) is 3.24. The largest absolute Gasteiger partial charge is 0.364 e. The number of imidazole rings is 1. The fourth-order valence-corrected chi connectivity index (χ4v) is 1.09. The number of hydrogen-bond acceptors (Lipinski definition) is 5. The van der Waals surface area contributed by atoms with Crippen molar-refractivity contribution in [3.63, 3.8) is 0 Å². The minimum atomic E-state index is 0.473. The number of fused-ring (bicyclic) bond motifs is 1. The Bertz CT molecular complexity index is 479. The molecule has 0 aliphatic heterocycles. The van der Waals surface area contributed by atoms with Crippen molar-refractivity contribution < 1.29 is 0 Å². The lowest BCUT2D eigenvalue weighted by atomic mass is 10.5. The molecule has 0 aromatic carbocycles. The Morgan fingerprint density at radius 2 is 2.27 bits per heavy atom. The van der Waals surface area contributed by atoms with Crippen molar-refractivity contribution in [3.05, 3.63) is 12.7 Å². The normalized spacial score (nSPS) is 9.93. The zero-order valence-corrected chi connectivity index (χ0v) is 8.72. The van der Waals surface area contributed by atoms with Crippen molar-refractivity contribution in [2.24, 2.45) is 0 Å². The maximum atomic E-state index is 4.90. The highest BCUT2D eigenvalue weighted by Gasteiger charge is 2.04. The van der Waals surface area contributed by atoms with Gasteiger partial charge in [0, 0.05) is 7.05 Å². The van der Waals surface area contributed by atoms with E-state index < -0.39 is 0 Å². The Labute approximate surface area is 90.7 Å². The summed E-state index contributed by atoms with van der Waals surface area (Å²) >= 11 is 4.90. The van der Waals surface area contributed by atoms with Gasteiger partial charge in [-0.1, -0.05) is 0 Å². The Morgan fingerprint density at radius 3 is 3.07 bits per heavy atom. The molecule has 2 rings (SSSR count). The third-order valence-electron chi connectivity index (χ3n) is 1.74. The molecule has 4 N–H and O–H groups in total. The van der Waals surface area contributed by atoms with Crippen LogP contribution < -0.4 is 16.2 Å². The van der Waals surface area contributed by atoms with Crippen LogP contribution in [-0.4, -0.2) is 32.1 Å². The van der Waals surface area contributed by atoms with Crippen LogP contribution in [0.4, 0.5) is 5.82 Å². The second kappa shape index (κ2) is 4.05. The quantitative estimate of drug-likeness (QED) is 0.413. The summed E-state index contributed by atoms with van der Waals surface area (Å²) < 4.78 is 0. The van der Waals surface area contributed by atoms with Gasteiger partial charge in [-0.25, -0.2) is 15.0 Å². The number of anilines is 1. The molecule has 0 aliphatic carbocycles. The lowest BCUT2D eigenvalue weighted by Crippen LogP contribution is -2.36. The van der Waals surface area contributed by atoms with E-state index in [1.54, 1.807) is 13.4 Å². The minimum Gasteiger partial charge on any atom is -0.364 e. The summed E-state index contributed by atoms with van der Waals surface area (Å²) in [4.78, 5) is 15.0. The first-order valence-electron chi connectivity index (χ1n) is 4.19. The summed E-state index contributed by atoms with van der Waals surface area (Å²) in [6.45, 7) is 0. The number of thiocarbonyl (C=S) groups is 1. The van der Waals surface area contributed by atoms with Crippen LogP contribution in [0, 0.1) is 0 Å². The van der Waals surface area contributed by atoms with Gasteiger partial charge in [0.05, 0.1) is 6.33 Å². The van der Waals surface area contributed by atoms with E-state index >= 15 is 0 Å². The van der Waals surface area contributed by atoms with Gasteiger partial charge in [-0.15, -0.1) is 0 Å². The second-order valence-corrected chi connectivity index (χ2v) is 3.06. The fraction of sp³-hybridized carbons (Fsp3) is 0.143. The number of nitrogens with zero attached hydrogens (tertiary/aromatic N) is 3. The standard InChI is InChI=1S/C7H9N7S/c1-8-7(15)14-13-6-4-5(10-2-9-4)11-3-12-6/h2-3H,1H3,(H2,8,14,15)(H2,9,10,11,12,13). The molecule has 0 atom stereocenters. The molecule has 0 fully saturated rings. The van der Waals surface area contributed by atoms with E-state index in [2.05, 4.69) is 36.1 Å².